The maximum absolute atomic E-state index is 11.7. The Morgan fingerprint density at radius 2 is 0.959 bits per heavy atom. The van der Waals surface area contributed by atoms with Crippen LogP contribution < -0.4 is 11.5 Å². The van der Waals surface area contributed by atoms with Crippen molar-refractivity contribution >= 4 is 105 Å². The van der Waals surface area contributed by atoms with E-state index in [1.807, 2.05) is 50.2 Å². The van der Waals surface area contributed by atoms with E-state index in [0.29, 0.717) is 50.0 Å². The van der Waals surface area contributed by atoms with Crippen LogP contribution in [0, 0.1) is 13.8 Å². The van der Waals surface area contributed by atoms with Gasteiger partial charge in [0, 0.05) is 40.3 Å². The first kappa shape index (κ1) is 35.8. The average molecular weight is 704 g/mol. The number of nitrogens with zero attached hydrogens (tertiary/aromatic N) is 4. The number of hydrogen-bond acceptors (Lipinski definition) is 10. The van der Waals surface area contributed by atoms with E-state index in [0.717, 1.165) is 22.3 Å². The van der Waals surface area contributed by atoms with E-state index in [1.54, 1.807) is 30.3 Å². The second kappa shape index (κ2) is 13.8. The molecule has 0 aliphatic carbocycles. The molecule has 49 heavy (non-hydrogen) atoms. The predicted molar refractivity (Wildman–Crippen MR) is 192 cm³/mol. The molecule has 0 atom stereocenters. The zero-order valence-corrected chi connectivity index (χ0v) is 30.2. The minimum Gasteiger partial charge on any atom is -0.397 e. The molecule has 6 aromatic carbocycles. The van der Waals surface area contributed by atoms with Gasteiger partial charge in [-0.25, -0.2) is 0 Å². The van der Waals surface area contributed by atoms with Crippen molar-refractivity contribution in [1.82, 2.24) is 0 Å². The third-order valence-corrected chi connectivity index (χ3v) is 9.53. The number of hydrogen-bond donors (Lipinski definition) is 4. The van der Waals surface area contributed by atoms with Crippen LogP contribution in [0.25, 0.3) is 32.7 Å². The fourth-order valence-electron chi connectivity index (χ4n) is 5.25. The SMILES string of the molecule is Cc1cc(-c2ccc(N=Nc3c(N)ccc4ccc(S(=O)(=O)O)cc34)c(C)c2)ccc1N=Nc1c(N)ccc2cc(S(=O)(=O)O)ccc12.[Na]. The van der Waals surface area contributed by atoms with E-state index in [4.69, 9.17) is 11.5 Å². The molecule has 15 heteroatoms. The van der Waals surface area contributed by atoms with Gasteiger partial charge in [0.1, 0.15) is 11.4 Å². The summed E-state index contributed by atoms with van der Waals surface area (Å²) < 4.78 is 65.4. The number of benzene rings is 6. The van der Waals surface area contributed by atoms with Gasteiger partial charge in [0.2, 0.25) is 0 Å². The third kappa shape index (κ3) is 7.55. The third-order valence-electron chi connectivity index (χ3n) is 7.83. The summed E-state index contributed by atoms with van der Waals surface area (Å²) in [5.74, 6) is 0. The van der Waals surface area contributed by atoms with Crippen molar-refractivity contribution in [2.45, 2.75) is 23.6 Å². The maximum atomic E-state index is 11.7. The van der Waals surface area contributed by atoms with Gasteiger partial charge in [-0.1, -0.05) is 36.4 Å². The molecule has 243 valence electrons. The standard InChI is InChI=1S/C34H28N6O6S2.Na/c1-19-15-22(6-13-31(19)37-39-33-27-10-9-25(47(41,42)43)17-24(27)5-12-29(33)35)23-7-14-32(20(2)16-23)38-40-34-28-18-26(48(44,45)46)8-3-21(28)4-11-30(34)36;/h3-18H,35-36H2,1-2H3,(H,41,42,43)(H,44,45,46);. The Bertz CT molecular complexity index is 2580. The first-order valence-electron chi connectivity index (χ1n) is 14.3. The summed E-state index contributed by atoms with van der Waals surface area (Å²) in [5, 5.41) is 19.8. The van der Waals surface area contributed by atoms with Gasteiger partial charge in [0.15, 0.2) is 0 Å². The van der Waals surface area contributed by atoms with Crippen LogP contribution in [0.3, 0.4) is 0 Å². The molecule has 0 amide bonds. The molecular weight excluding hydrogens is 676 g/mol. The van der Waals surface area contributed by atoms with Crippen LogP contribution in [-0.2, 0) is 20.2 Å². The number of fused-ring (bicyclic) bond motifs is 2. The summed E-state index contributed by atoms with van der Waals surface area (Å²) in [4.78, 5) is -0.498. The van der Waals surface area contributed by atoms with Gasteiger partial charge < -0.3 is 11.5 Å². The zero-order chi connectivity index (χ0) is 34.4. The van der Waals surface area contributed by atoms with Crippen LogP contribution >= 0.6 is 0 Å². The number of aryl methyl sites for hydroxylation is 2. The molecule has 0 unspecified atom stereocenters. The van der Waals surface area contributed by atoms with E-state index in [2.05, 4.69) is 20.5 Å². The van der Waals surface area contributed by atoms with Crippen LogP contribution in [0.4, 0.5) is 34.1 Å². The molecular formula is C34H28N6NaO6S2. The van der Waals surface area contributed by atoms with Crippen LogP contribution in [0.1, 0.15) is 11.1 Å². The van der Waals surface area contributed by atoms with Gasteiger partial charge in [0.25, 0.3) is 20.2 Å². The van der Waals surface area contributed by atoms with Crippen molar-refractivity contribution < 1.29 is 25.9 Å². The molecule has 0 fully saturated rings. The fourth-order valence-corrected chi connectivity index (χ4v) is 6.28. The molecule has 1 radical (unpaired) electrons. The molecule has 0 aliphatic heterocycles. The summed E-state index contributed by atoms with van der Waals surface area (Å²) in [5.41, 5.74) is 18.4. The second-order valence-electron chi connectivity index (χ2n) is 11.1. The van der Waals surface area contributed by atoms with Gasteiger partial charge >= 0.3 is 0 Å². The number of azo groups is 2. The smallest absolute Gasteiger partial charge is 0.294 e. The predicted octanol–water partition coefficient (Wildman–Crippen LogP) is 8.38. The molecule has 0 saturated carbocycles. The van der Waals surface area contributed by atoms with Gasteiger partial charge in [0.05, 0.1) is 32.5 Å². The second-order valence-corrected chi connectivity index (χ2v) is 14.0. The van der Waals surface area contributed by atoms with Crippen LogP contribution in [-0.4, -0.2) is 55.5 Å². The quantitative estimate of drug-likeness (QED) is 0.0547. The van der Waals surface area contributed by atoms with Crippen LogP contribution in [0.2, 0.25) is 0 Å². The molecule has 0 heterocycles. The Labute approximate surface area is 304 Å². The molecule has 6 rings (SSSR count). The zero-order valence-electron chi connectivity index (χ0n) is 26.5. The van der Waals surface area contributed by atoms with E-state index in [-0.39, 0.29) is 45.0 Å². The number of nitrogens with two attached hydrogens (primary N) is 2. The van der Waals surface area contributed by atoms with E-state index < -0.39 is 20.2 Å². The normalized spacial score (nSPS) is 12.2. The summed E-state index contributed by atoms with van der Waals surface area (Å²) in [7, 11) is -8.78. The topological polar surface area (TPSA) is 210 Å². The van der Waals surface area contributed by atoms with Gasteiger partial charge in [-0.3, -0.25) is 9.11 Å². The summed E-state index contributed by atoms with van der Waals surface area (Å²) in [6, 6.07) is 26.4. The maximum Gasteiger partial charge on any atom is 0.294 e. The Morgan fingerprint density at radius 1 is 0.510 bits per heavy atom. The number of nitrogen functional groups attached to an aromatic ring is 2. The van der Waals surface area contributed by atoms with Gasteiger partial charge in [-0.2, -0.15) is 27.1 Å². The molecule has 0 saturated heterocycles. The summed E-state index contributed by atoms with van der Waals surface area (Å²) in [6.45, 7) is 3.80. The van der Waals surface area contributed by atoms with Crippen LogP contribution in [0.5, 0.6) is 0 Å². The van der Waals surface area contributed by atoms with Crippen molar-refractivity contribution in [1.29, 1.82) is 0 Å². The van der Waals surface area contributed by atoms with Crippen LogP contribution in [0.15, 0.2) is 127 Å². The largest absolute Gasteiger partial charge is 0.397 e. The van der Waals surface area contributed by atoms with Crippen molar-refractivity contribution in [3.63, 3.8) is 0 Å². The monoisotopic (exact) mass is 703 g/mol. The van der Waals surface area contributed by atoms with Crippen molar-refractivity contribution in [3.05, 3.63) is 108 Å². The molecule has 0 spiro atoms. The summed E-state index contributed by atoms with van der Waals surface area (Å²) in [6.07, 6.45) is 0. The van der Waals surface area contributed by atoms with Gasteiger partial charge in [-0.05, 0) is 108 Å². The Kier molecular flexibility index (Phi) is 10.0. The van der Waals surface area contributed by atoms with E-state index in [1.165, 1.54) is 30.3 Å². The Hall–Kier alpha value is -4.54. The Morgan fingerprint density at radius 3 is 1.47 bits per heavy atom. The molecule has 0 aromatic heterocycles. The average Bonchev–Trinajstić information content (AvgIpc) is 3.03. The van der Waals surface area contributed by atoms with E-state index in [9.17, 15) is 25.9 Å². The summed E-state index contributed by atoms with van der Waals surface area (Å²) >= 11 is 0. The fraction of sp³-hybridized carbons (Fsp3) is 0.0588. The van der Waals surface area contributed by atoms with Gasteiger partial charge in [-0.15, -0.1) is 10.2 Å². The minimum atomic E-state index is -4.42. The molecule has 6 aromatic rings. The first-order valence-corrected chi connectivity index (χ1v) is 17.2. The van der Waals surface area contributed by atoms with Crippen molar-refractivity contribution in [2.24, 2.45) is 20.5 Å². The van der Waals surface area contributed by atoms with Crippen molar-refractivity contribution in [3.8, 4) is 11.1 Å². The molecule has 0 aliphatic rings. The first-order chi connectivity index (χ1) is 22.7. The molecule has 0 bridgehead atoms. The molecule has 6 N–H and O–H groups in total. The number of anilines is 2. The van der Waals surface area contributed by atoms with E-state index >= 15 is 0 Å². The number of rotatable bonds is 7. The minimum absolute atomic E-state index is 0. The Balaban J connectivity index is 0.00000468. The van der Waals surface area contributed by atoms with Crippen molar-refractivity contribution in [2.75, 3.05) is 11.5 Å². The molecule has 12 nitrogen and oxygen atoms in total.